The Hall–Kier alpha value is -1.86. The van der Waals surface area contributed by atoms with Crippen molar-refractivity contribution in [2.24, 2.45) is 5.41 Å². The normalized spacial score (nSPS) is 14.9. The van der Waals surface area contributed by atoms with Gasteiger partial charge in [-0.1, -0.05) is 6.92 Å². The van der Waals surface area contributed by atoms with Crippen LogP contribution in [0.5, 0.6) is 0 Å². The van der Waals surface area contributed by atoms with E-state index in [1.165, 1.54) is 0 Å². The highest BCUT2D eigenvalue weighted by Crippen LogP contribution is 2.49. The lowest BCUT2D eigenvalue weighted by Crippen LogP contribution is -2.55. The fourth-order valence-corrected chi connectivity index (χ4v) is 3.65. The quantitative estimate of drug-likeness (QED) is 0.120. The Kier molecular flexibility index (Phi) is 19.6. The van der Waals surface area contributed by atoms with Crippen molar-refractivity contribution in [1.82, 2.24) is 0 Å². The molecule has 0 heterocycles. The second-order valence-electron chi connectivity index (χ2n) is 9.79. The van der Waals surface area contributed by atoms with Crippen molar-refractivity contribution in [1.29, 1.82) is 0 Å². The first kappa shape index (κ1) is 57.9. The second kappa shape index (κ2) is 17.9. The predicted octanol–water partition coefficient (Wildman–Crippen LogP) is 4.09. The fraction of sp³-hybridized carbons (Fsp3) is 1.00. The average Bonchev–Trinajstić information content (AvgIpc) is 2.83. The maximum atomic E-state index is 12.2. The molecule has 0 bridgehead atoms. The Morgan fingerprint density at radius 1 is 0.358 bits per heavy atom. The van der Waals surface area contributed by atoms with Crippen molar-refractivity contribution in [3.05, 3.63) is 0 Å². The van der Waals surface area contributed by atoms with Gasteiger partial charge in [-0.25, -0.2) is 0 Å². The van der Waals surface area contributed by atoms with Gasteiger partial charge in [0.1, 0.15) is 17.3 Å². The molecule has 0 aromatic rings. The minimum absolute atomic E-state index is 0.181. The summed E-state index contributed by atoms with van der Waals surface area (Å²) < 4.78 is 330. The topological polar surface area (TPSA) is 224 Å². The van der Waals surface area contributed by atoms with Crippen LogP contribution in [0.15, 0.2) is 0 Å². The highest BCUT2D eigenvalue weighted by molar-refractivity contribution is 7.86. The van der Waals surface area contributed by atoms with Crippen molar-refractivity contribution < 1.29 is 146 Å². The van der Waals surface area contributed by atoms with E-state index in [1.54, 1.807) is 6.92 Å². The van der Waals surface area contributed by atoms with E-state index in [0.717, 1.165) is 0 Å². The molecule has 0 aliphatic heterocycles. The van der Waals surface area contributed by atoms with Gasteiger partial charge in [-0.3, -0.25) is 13.7 Å². The molecule has 0 saturated heterocycles. The smallest absolute Gasteiger partial charge is 0.396 e. The average molecular weight is 913 g/mol. The van der Waals surface area contributed by atoms with Crippen LogP contribution >= 0.6 is 0 Å². The van der Waals surface area contributed by atoms with Crippen LogP contribution < -0.4 is 0 Å². The van der Waals surface area contributed by atoms with E-state index >= 15 is 0 Å². The second-order valence-corrected chi connectivity index (χ2v) is 14.2. The number of alkyl halides is 21. The van der Waals surface area contributed by atoms with Gasteiger partial charge in [0.2, 0.25) is 0 Å². The van der Waals surface area contributed by atoms with E-state index in [1.807, 2.05) is 0 Å². The third-order valence-electron chi connectivity index (χ3n) is 4.68. The lowest BCUT2D eigenvalue weighted by Gasteiger charge is -2.26. The molecule has 0 saturated carbocycles. The van der Waals surface area contributed by atoms with E-state index in [9.17, 15) is 117 Å². The maximum Gasteiger partial charge on any atom is 0.459 e. The third kappa shape index (κ3) is 18.6. The van der Waals surface area contributed by atoms with Crippen molar-refractivity contribution in [2.45, 2.75) is 61.0 Å². The first-order chi connectivity index (χ1) is 22.3. The number of aliphatic hydroxyl groups excluding tert-OH is 3. The van der Waals surface area contributed by atoms with E-state index in [0.29, 0.717) is 0 Å². The van der Waals surface area contributed by atoms with Crippen LogP contribution in [0.3, 0.4) is 0 Å². The molecule has 0 fully saturated rings. The van der Waals surface area contributed by atoms with E-state index in [4.69, 9.17) is 29.0 Å². The lowest BCUT2D eigenvalue weighted by atomic mass is 9.95. The largest absolute Gasteiger partial charge is 0.459 e. The lowest BCUT2D eigenvalue weighted by molar-refractivity contribution is -0.348. The van der Waals surface area contributed by atoms with Crippen LogP contribution in [0, 0.1) is 5.41 Å². The maximum absolute atomic E-state index is 12.2. The van der Waals surface area contributed by atoms with Crippen molar-refractivity contribution in [2.75, 3.05) is 37.1 Å². The first-order valence-electron chi connectivity index (χ1n) is 11.5. The van der Waals surface area contributed by atoms with Crippen LogP contribution in [0.1, 0.15) is 6.92 Å². The van der Waals surface area contributed by atoms with Crippen LogP contribution in [0.4, 0.5) is 92.2 Å². The zero-order chi connectivity index (χ0) is 44.7. The van der Waals surface area contributed by atoms with Crippen LogP contribution in [-0.2, 0) is 30.4 Å². The van der Waals surface area contributed by atoms with Crippen molar-refractivity contribution in [3.8, 4) is 0 Å². The monoisotopic (exact) mass is 912 g/mol. The van der Waals surface area contributed by atoms with Crippen LogP contribution in [0.2, 0.25) is 0 Å². The van der Waals surface area contributed by atoms with Gasteiger partial charge in [-0.15, -0.1) is 0 Å². The molecule has 6 N–H and O–H groups in total. The molecule has 0 aromatic heterocycles. The predicted molar refractivity (Wildman–Crippen MR) is 126 cm³/mol. The van der Waals surface area contributed by atoms with Crippen LogP contribution in [-0.4, -0.2) is 145 Å². The Balaban J connectivity index is -0.000000309. The molecule has 0 radical (unpaired) electrons. The summed E-state index contributed by atoms with van der Waals surface area (Å²) >= 11 is 0. The highest BCUT2D eigenvalue weighted by atomic mass is 32.2. The van der Waals surface area contributed by atoms with Crippen molar-refractivity contribution >= 4 is 30.4 Å². The third-order valence-corrected chi connectivity index (χ3v) is 6.86. The SMILES string of the molecule is CC(CO)(CO)CO.O=S(=O)(O)CC(F)(F)C(F)(F)C(F)(F)F.O=S(=O)(O)CC(F)(F)C(F)(F)C(F)(F)F.O=S(=O)(O)CC(F)(F)C(F)(F)C(F)(F)F. The van der Waals surface area contributed by atoms with Gasteiger partial charge in [0.05, 0.1) is 19.8 Å². The zero-order valence-electron chi connectivity index (χ0n) is 24.5. The molecule has 0 aliphatic carbocycles. The molecule has 0 atom stereocenters. The summed E-state index contributed by atoms with van der Waals surface area (Å²) in [5.41, 5.74) is -0.708. The van der Waals surface area contributed by atoms with Gasteiger partial charge in [-0.05, 0) is 0 Å². The molecule has 36 heteroatoms. The molecular formula is C17H21F21O12S3. The Labute approximate surface area is 280 Å². The van der Waals surface area contributed by atoms with E-state index in [-0.39, 0.29) is 19.8 Å². The van der Waals surface area contributed by atoms with Gasteiger partial charge in [-0.2, -0.15) is 117 Å². The molecule has 326 valence electrons. The fourth-order valence-electron chi connectivity index (χ4n) is 1.73. The zero-order valence-corrected chi connectivity index (χ0v) is 27.0. The minimum Gasteiger partial charge on any atom is -0.396 e. The summed E-state index contributed by atoms with van der Waals surface area (Å²) in [5, 5.41) is 25.4. The standard InChI is InChI=1S/C5H12O3.3C4H3F7O3S/c1-5(2-6,3-7)4-8;3*5-2(6,1-15(12,13)14)3(7,8)4(9,10)11/h6-8H,2-4H2,1H3;3*1H2,(H,12,13,14). The summed E-state index contributed by atoms with van der Waals surface area (Å²) in [4.78, 5) is 0. The van der Waals surface area contributed by atoms with Gasteiger partial charge in [0, 0.05) is 5.41 Å². The van der Waals surface area contributed by atoms with E-state index in [2.05, 4.69) is 0 Å². The molecule has 53 heavy (non-hydrogen) atoms. The van der Waals surface area contributed by atoms with Crippen molar-refractivity contribution in [3.63, 3.8) is 0 Å². The Morgan fingerprint density at radius 3 is 0.547 bits per heavy atom. The number of halogens is 21. The number of aliphatic hydroxyl groups is 3. The molecule has 0 unspecified atom stereocenters. The molecule has 0 aliphatic rings. The number of rotatable bonds is 12. The van der Waals surface area contributed by atoms with Crippen LogP contribution in [0.25, 0.3) is 0 Å². The Morgan fingerprint density at radius 2 is 0.491 bits per heavy atom. The molecule has 0 aromatic carbocycles. The summed E-state index contributed by atoms with van der Waals surface area (Å²) in [6.07, 6.45) is -19.8. The summed E-state index contributed by atoms with van der Waals surface area (Å²) in [6.45, 7) is 1.06. The number of hydrogen-bond acceptors (Lipinski definition) is 9. The Bertz CT molecular complexity index is 1300. The van der Waals surface area contributed by atoms with Gasteiger partial charge in [0.25, 0.3) is 30.4 Å². The van der Waals surface area contributed by atoms with Gasteiger partial charge >= 0.3 is 54.1 Å². The number of hydrogen-bond donors (Lipinski definition) is 6. The minimum atomic E-state index is -6.61. The molecule has 0 amide bonds. The summed E-state index contributed by atoms with van der Waals surface area (Å²) in [5.74, 6) is -46.4. The van der Waals surface area contributed by atoms with Gasteiger partial charge < -0.3 is 15.3 Å². The summed E-state index contributed by atoms with van der Waals surface area (Å²) in [6, 6.07) is 0. The molecular weight excluding hydrogens is 891 g/mol. The van der Waals surface area contributed by atoms with E-state index < -0.39 is 107 Å². The molecule has 0 spiro atoms. The molecule has 12 nitrogen and oxygen atoms in total. The highest BCUT2D eigenvalue weighted by Gasteiger charge is 2.75. The summed E-state index contributed by atoms with van der Waals surface area (Å²) in [7, 11) is -17.0. The van der Waals surface area contributed by atoms with Gasteiger partial charge in [0.15, 0.2) is 0 Å². The first-order valence-corrected chi connectivity index (χ1v) is 16.3. The molecule has 0 rings (SSSR count).